The summed E-state index contributed by atoms with van der Waals surface area (Å²) in [5.41, 5.74) is -2.06. The molecule has 6 heteroatoms. The zero-order valence-electron chi connectivity index (χ0n) is 15.7. The highest BCUT2D eigenvalue weighted by Crippen LogP contribution is 2.26. The van der Waals surface area contributed by atoms with Crippen LogP contribution in [0.1, 0.15) is 24.9 Å². The van der Waals surface area contributed by atoms with Gasteiger partial charge in [0.15, 0.2) is 0 Å². The molecule has 0 heterocycles. The van der Waals surface area contributed by atoms with E-state index in [0.29, 0.717) is 0 Å². The number of hydrogen-bond donors (Lipinski definition) is 0. The van der Waals surface area contributed by atoms with Crippen molar-refractivity contribution in [1.29, 1.82) is 5.26 Å². The van der Waals surface area contributed by atoms with Crippen molar-refractivity contribution in [1.82, 2.24) is 0 Å². The third-order valence-electron chi connectivity index (χ3n) is 2.26. The molecule has 0 unspecified atom stereocenters. The number of rotatable bonds is 3. The fourth-order valence-electron chi connectivity index (χ4n) is 1.48. The van der Waals surface area contributed by atoms with Crippen LogP contribution in [0.2, 0.25) is 10.0 Å². The molecule has 0 atom stereocenters. The average molecular weight is 313 g/mol. The lowest BCUT2D eigenvalue weighted by Gasteiger charge is -2.05. The van der Waals surface area contributed by atoms with Crippen LogP contribution < -0.4 is 0 Å². The minimum absolute atomic E-state index is 0.184. The Morgan fingerprint density at radius 1 is 1.25 bits per heavy atom. The van der Waals surface area contributed by atoms with Crippen LogP contribution in [0.5, 0.6) is 0 Å². The molecule has 0 aromatic heterocycles. The molecular weight excluding hydrogens is 299 g/mol. The second kappa shape index (κ2) is 5.91. The monoisotopic (exact) mass is 312 g/mol. The summed E-state index contributed by atoms with van der Waals surface area (Å²) in [6.07, 6.45) is -0.546. The number of nitro groups is 1. The van der Waals surface area contributed by atoms with Gasteiger partial charge in [-0.2, -0.15) is 5.26 Å². The standard InChI is InChI=1S/C14H8Cl2N2O2/c15-12-4-10(5-13(16)7-12)3-11-2-1-9(8-17)6-14(11)18(19)20/h1-2,4-7H,3H2/i1D,2D,4D,5D,6D,7D. The van der Waals surface area contributed by atoms with Crippen LogP contribution in [0.15, 0.2) is 36.3 Å². The molecule has 0 amide bonds. The smallest absolute Gasteiger partial charge is 0.258 e. The van der Waals surface area contributed by atoms with E-state index in [0.717, 1.165) is 0 Å². The molecule has 0 aliphatic heterocycles. The first kappa shape index (κ1) is 8.25. The number of nitro benzene ring substituents is 1. The molecule has 0 fully saturated rings. The van der Waals surface area contributed by atoms with Gasteiger partial charge in [0.05, 0.1) is 24.8 Å². The van der Waals surface area contributed by atoms with Crippen molar-refractivity contribution in [2.75, 3.05) is 0 Å². The van der Waals surface area contributed by atoms with Gasteiger partial charge in [-0.05, 0) is 29.7 Å². The van der Waals surface area contributed by atoms with Gasteiger partial charge in [0.25, 0.3) is 5.69 Å². The first-order valence-electron chi connectivity index (χ1n) is 8.15. The van der Waals surface area contributed by atoms with Crippen molar-refractivity contribution < 1.29 is 13.1 Å². The Balaban J connectivity index is 2.85. The van der Waals surface area contributed by atoms with E-state index in [4.69, 9.17) is 36.7 Å². The van der Waals surface area contributed by atoms with Crippen LogP contribution in [-0.2, 0) is 6.42 Å². The van der Waals surface area contributed by atoms with E-state index < -0.39 is 64.4 Å². The minimum atomic E-state index is -0.953. The van der Waals surface area contributed by atoms with Crippen LogP contribution in [0.3, 0.4) is 0 Å². The Labute approximate surface area is 133 Å². The molecule has 0 saturated carbocycles. The summed E-state index contributed by atoms with van der Waals surface area (Å²) >= 11 is 11.7. The Hall–Kier alpha value is -2.09. The molecule has 2 aromatic carbocycles. The highest BCUT2D eigenvalue weighted by atomic mass is 35.5. The molecule has 4 nitrogen and oxygen atoms in total. The van der Waals surface area contributed by atoms with Gasteiger partial charge in [-0.1, -0.05) is 29.2 Å². The summed E-state index contributed by atoms with van der Waals surface area (Å²) in [4.78, 5) is 10.4. The molecule has 0 bridgehead atoms. The van der Waals surface area contributed by atoms with E-state index in [9.17, 15) is 10.1 Å². The fourth-order valence-corrected chi connectivity index (χ4v) is 1.95. The van der Waals surface area contributed by atoms with Crippen molar-refractivity contribution in [3.8, 4) is 6.07 Å². The maximum Gasteiger partial charge on any atom is 0.274 e. The maximum absolute atomic E-state index is 11.4. The van der Waals surface area contributed by atoms with E-state index in [2.05, 4.69) is 0 Å². The van der Waals surface area contributed by atoms with Crippen molar-refractivity contribution in [3.63, 3.8) is 0 Å². The lowest BCUT2D eigenvalue weighted by Crippen LogP contribution is -1.97. The number of halogens is 2. The van der Waals surface area contributed by atoms with E-state index in [1.807, 2.05) is 0 Å². The minimum Gasteiger partial charge on any atom is -0.258 e. The Morgan fingerprint density at radius 2 is 1.90 bits per heavy atom. The van der Waals surface area contributed by atoms with E-state index in [1.54, 1.807) is 0 Å². The van der Waals surface area contributed by atoms with Gasteiger partial charge in [-0.3, -0.25) is 10.1 Å². The first-order valence-corrected chi connectivity index (χ1v) is 5.90. The van der Waals surface area contributed by atoms with Crippen LogP contribution >= 0.6 is 23.2 Å². The normalized spacial score (nSPS) is 14.2. The Morgan fingerprint density at radius 3 is 2.45 bits per heavy atom. The molecule has 2 aromatic rings. The number of benzene rings is 2. The maximum atomic E-state index is 11.4. The van der Waals surface area contributed by atoms with Gasteiger partial charge < -0.3 is 0 Å². The molecule has 0 aliphatic carbocycles. The highest BCUT2D eigenvalue weighted by Gasteiger charge is 2.15. The van der Waals surface area contributed by atoms with Crippen molar-refractivity contribution in [3.05, 3.63) is 73.1 Å². The second-order valence-corrected chi connectivity index (χ2v) is 4.36. The Bertz CT molecular complexity index is 978. The fraction of sp³-hybridized carbons (Fsp3) is 0.0714. The third kappa shape index (κ3) is 3.27. The van der Waals surface area contributed by atoms with Crippen molar-refractivity contribution in [2.24, 2.45) is 0 Å². The first-order chi connectivity index (χ1) is 12.0. The molecule has 0 saturated heterocycles. The van der Waals surface area contributed by atoms with Gasteiger partial charge in [0, 0.05) is 28.1 Å². The molecule has 0 radical (unpaired) electrons. The van der Waals surface area contributed by atoms with Gasteiger partial charge >= 0.3 is 0 Å². The molecule has 0 N–H and O–H groups in total. The zero-order valence-corrected chi connectivity index (χ0v) is 11.2. The van der Waals surface area contributed by atoms with Crippen molar-refractivity contribution >= 4 is 28.9 Å². The lowest BCUT2D eigenvalue weighted by atomic mass is 10.0. The van der Waals surface area contributed by atoms with Crippen LogP contribution in [0, 0.1) is 21.4 Å². The summed E-state index contributed by atoms with van der Waals surface area (Å²) in [5.74, 6) is 0. The topological polar surface area (TPSA) is 66.9 Å². The SMILES string of the molecule is [2H]c1c(Cl)c([2H])c(Cc2c([2H])c([2H])c(C#N)c([2H])c2[N+](=O)[O-])c([2H])c1Cl. The van der Waals surface area contributed by atoms with Gasteiger partial charge in [-0.25, -0.2) is 0 Å². The largest absolute Gasteiger partial charge is 0.274 e. The molecule has 0 aliphatic rings. The molecule has 0 spiro atoms. The van der Waals surface area contributed by atoms with Crippen LogP contribution in [0.4, 0.5) is 5.69 Å². The molecular formula is C14H8Cl2N2O2. The van der Waals surface area contributed by atoms with E-state index in [-0.39, 0.29) is 15.6 Å². The predicted molar refractivity (Wildman–Crippen MR) is 77.1 cm³/mol. The summed E-state index contributed by atoms with van der Waals surface area (Å²) < 4.78 is 47.1. The average Bonchev–Trinajstić information content (AvgIpc) is 2.59. The quantitative estimate of drug-likeness (QED) is 0.624. The van der Waals surface area contributed by atoms with Crippen LogP contribution in [0.25, 0.3) is 0 Å². The second-order valence-electron chi connectivity index (χ2n) is 3.60. The van der Waals surface area contributed by atoms with Gasteiger partial charge in [0.2, 0.25) is 0 Å². The predicted octanol–water partition coefficient (Wildman–Crippen LogP) is 4.36. The summed E-state index contributed by atoms with van der Waals surface area (Å²) in [7, 11) is 0. The van der Waals surface area contributed by atoms with E-state index >= 15 is 0 Å². The summed E-state index contributed by atoms with van der Waals surface area (Å²) in [6.45, 7) is 0. The third-order valence-corrected chi connectivity index (χ3v) is 2.63. The molecule has 100 valence electrons. The number of nitrogens with zero attached hydrogens (tertiary/aromatic N) is 2. The summed E-state index contributed by atoms with van der Waals surface area (Å²) in [6, 6.07) is -1.99. The van der Waals surface area contributed by atoms with E-state index in [1.165, 1.54) is 6.07 Å². The lowest BCUT2D eigenvalue weighted by molar-refractivity contribution is -0.385. The van der Waals surface area contributed by atoms with Gasteiger partial charge in [-0.15, -0.1) is 0 Å². The molecule has 2 rings (SSSR count). The highest BCUT2D eigenvalue weighted by molar-refractivity contribution is 6.34. The Kier molecular flexibility index (Phi) is 2.44. The number of nitriles is 1. The van der Waals surface area contributed by atoms with Crippen molar-refractivity contribution in [2.45, 2.75) is 6.42 Å². The van der Waals surface area contributed by atoms with Gasteiger partial charge in [0.1, 0.15) is 0 Å². The summed E-state index contributed by atoms with van der Waals surface area (Å²) in [5, 5.41) is 19.6. The molecule has 20 heavy (non-hydrogen) atoms. The van der Waals surface area contributed by atoms with Crippen LogP contribution in [-0.4, -0.2) is 4.92 Å². The zero-order chi connectivity index (χ0) is 19.9. The number of hydrogen-bond acceptors (Lipinski definition) is 3.